The summed E-state index contributed by atoms with van der Waals surface area (Å²) in [6.45, 7) is 1.96. The maximum atomic E-state index is 11.7. The second-order valence-corrected chi connectivity index (χ2v) is 4.48. The van der Waals surface area contributed by atoms with Crippen LogP contribution < -0.4 is 5.73 Å². The Bertz CT molecular complexity index is 654. The predicted molar refractivity (Wildman–Crippen MR) is 76.6 cm³/mol. The van der Waals surface area contributed by atoms with Crippen LogP contribution in [-0.2, 0) is 4.84 Å². The van der Waals surface area contributed by atoms with Gasteiger partial charge in [-0.25, -0.2) is 9.78 Å². The first-order valence-electron chi connectivity index (χ1n) is 5.79. The van der Waals surface area contributed by atoms with Gasteiger partial charge in [0.05, 0.1) is 5.56 Å². The minimum Gasteiger partial charge on any atom is -0.380 e. The molecule has 0 saturated heterocycles. The second-order valence-electron chi connectivity index (χ2n) is 4.09. The zero-order valence-corrected chi connectivity index (χ0v) is 11.5. The maximum absolute atomic E-state index is 11.7. The third-order valence-electron chi connectivity index (χ3n) is 2.54. The van der Waals surface area contributed by atoms with Crippen LogP contribution in [0.5, 0.6) is 0 Å². The molecule has 0 atom stereocenters. The van der Waals surface area contributed by atoms with Crippen molar-refractivity contribution >= 4 is 23.4 Å². The van der Waals surface area contributed by atoms with Crippen molar-refractivity contribution in [3.05, 3.63) is 64.4 Å². The van der Waals surface area contributed by atoms with E-state index in [1.165, 1.54) is 18.3 Å². The zero-order valence-electron chi connectivity index (χ0n) is 10.7. The van der Waals surface area contributed by atoms with Crippen LogP contribution in [0.4, 0.5) is 0 Å². The molecule has 0 aliphatic rings. The van der Waals surface area contributed by atoms with Gasteiger partial charge in [-0.05, 0) is 19.1 Å². The highest BCUT2D eigenvalue weighted by molar-refractivity contribution is 6.29. The quantitative estimate of drug-likeness (QED) is 0.310. The fourth-order valence-electron chi connectivity index (χ4n) is 1.45. The van der Waals surface area contributed by atoms with E-state index in [4.69, 9.17) is 22.2 Å². The van der Waals surface area contributed by atoms with Crippen LogP contribution in [0.3, 0.4) is 0 Å². The average molecular weight is 290 g/mol. The highest BCUT2D eigenvalue weighted by Crippen LogP contribution is 2.09. The lowest BCUT2D eigenvalue weighted by Gasteiger charge is -2.02. The molecule has 1 heterocycles. The molecule has 0 spiro atoms. The number of carbonyl (C=O) groups excluding carboxylic acids is 1. The standard InChI is InChI=1S/C14H12ClN3O2/c1-9-2-4-10(5-3-9)13(16)18-20-14(19)11-6-7-17-12(15)8-11/h2-8H,1H3,(H2,16,18). The first-order chi connectivity index (χ1) is 9.56. The van der Waals surface area contributed by atoms with Crippen molar-refractivity contribution in [1.29, 1.82) is 0 Å². The molecule has 2 rings (SSSR count). The van der Waals surface area contributed by atoms with Gasteiger partial charge in [-0.2, -0.15) is 0 Å². The number of aromatic nitrogens is 1. The molecule has 0 bridgehead atoms. The summed E-state index contributed by atoms with van der Waals surface area (Å²) < 4.78 is 0. The number of halogens is 1. The van der Waals surface area contributed by atoms with E-state index in [1.807, 2.05) is 19.1 Å². The number of pyridine rings is 1. The van der Waals surface area contributed by atoms with Crippen LogP contribution in [-0.4, -0.2) is 16.8 Å². The molecule has 102 valence electrons. The number of hydrogen-bond donors (Lipinski definition) is 1. The summed E-state index contributed by atoms with van der Waals surface area (Å²) in [4.78, 5) is 20.3. The van der Waals surface area contributed by atoms with Gasteiger partial charge in [0.1, 0.15) is 5.15 Å². The molecule has 2 aromatic rings. The van der Waals surface area contributed by atoms with Gasteiger partial charge in [-0.15, -0.1) is 0 Å². The molecule has 0 aliphatic heterocycles. The van der Waals surface area contributed by atoms with Gasteiger partial charge in [0.25, 0.3) is 0 Å². The van der Waals surface area contributed by atoms with Crippen LogP contribution in [0, 0.1) is 6.92 Å². The number of aryl methyl sites for hydroxylation is 1. The second kappa shape index (κ2) is 6.16. The number of benzene rings is 1. The van der Waals surface area contributed by atoms with Gasteiger partial charge in [-0.3, -0.25) is 0 Å². The SMILES string of the molecule is Cc1ccc(/C(N)=N\OC(=O)c2ccnc(Cl)c2)cc1. The lowest BCUT2D eigenvalue weighted by Crippen LogP contribution is -2.15. The Morgan fingerprint density at radius 2 is 1.95 bits per heavy atom. The van der Waals surface area contributed by atoms with Crippen molar-refractivity contribution < 1.29 is 9.63 Å². The minimum atomic E-state index is -0.649. The van der Waals surface area contributed by atoms with Crippen molar-refractivity contribution in [2.75, 3.05) is 0 Å². The molecule has 0 amide bonds. The van der Waals surface area contributed by atoms with E-state index in [1.54, 1.807) is 12.1 Å². The third kappa shape index (κ3) is 3.55. The summed E-state index contributed by atoms with van der Waals surface area (Å²) >= 11 is 5.68. The van der Waals surface area contributed by atoms with E-state index >= 15 is 0 Å². The van der Waals surface area contributed by atoms with Gasteiger partial charge >= 0.3 is 5.97 Å². The van der Waals surface area contributed by atoms with Crippen LogP contribution in [0.25, 0.3) is 0 Å². The third-order valence-corrected chi connectivity index (χ3v) is 2.74. The summed E-state index contributed by atoms with van der Waals surface area (Å²) in [7, 11) is 0. The van der Waals surface area contributed by atoms with Crippen LogP contribution in [0.15, 0.2) is 47.8 Å². The Morgan fingerprint density at radius 1 is 1.25 bits per heavy atom. The maximum Gasteiger partial charge on any atom is 0.365 e. The van der Waals surface area contributed by atoms with Crippen LogP contribution in [0.2, 0.25) is 5.15 Å². The zero-order chi connectivity index (χ0) is 14.5. The minimum absolute atomic E-state index is 0.124. The molecule has 0 fully saturated rings. The molecule has 2 N–H and O–H groups in total. The number of carbonyl (C=O) groups is 1. The van der Waals surface area contributed by atoms with E-state index in [9.17, 15) is 4.79 Å². The Balaban J connectivity index is 2.08. The summed E-state index contributed by atoms with van der Waals surface area (Å²) in [6.07, 6.45) is 1.41. The molecule has 5 nitrogen and oxygen atoms in total. The lowest BCUT2D eigenvalue weighted by molar-refractivity contribution is 0.0516. The first-order valence-corrected chi connectivity index (χ1v) is 6.17. The van der Waals surface area contributed by atoms with E-state index in [2.05, 4.69) is 10.1 Å². The average Bonchev–Trinajstić information content (AvgIpc) is 2.45. The number of rotatable bonds is 3. The first kappa shape index (κ1) is 14.0. The molecular weight excluding hydrogens is 278 g/mol. The Morgan fingerprint density at radius 3 is 2.60 bits per heavy atom. The smallest absolute Gasteiger partial charge is 0.365 e. The van der Waals surface area contributed by atoms with Gasteiger partial charge in [0.15, 0.2) is 5.84 Å². The van der Waals surface area contributed by atoms with Crippen molar-refractivity contribution in [1.82, 2.24) is 4.98 Å². The van der Waals surface area contributed by atoms with Crippen molar-refractivity contribution in [2.24, 2.45) is 10.9 Å². The predicted octanol–water partition coefficient (Wildman–Crippen LogP) is 2.52. The fraction of sp³-hybridized carbons (Fsp3) is 0.0714. The van der Waals surface area contributed by atoms with Gasteiger partial charge in [0, 0.05) is 11.8 Å². The number of oxime groups is 1. The molecule has 6 heteroatoms. The monoisotopic (exact) mass is 289 g/mol. The van der Waals surface area contributed by atoms with Gasteiger partial charge in [0.2, 0.25) is 0 Å². The van der Waals surface area contributed by atoms with E-state index < -0.39 is 5.97 Å². The number of hydrogen-bond acceptors (Lipinski definition) is 4. The van der Waals surface area contributed by atoms with Crippen LogP contribution >= 0.6 is 11.6 Å². The van der Waals surface area contributed by atoms with Crippen molar-refractivity contribution in [2.45, 2.75) is 6.92 Å². The summed E-state index contributed by atoms with van der Waals surface area (Å²) in [5.74, 6) is -0.525. The summed E-state index contributed by atoms with van der Waals surface area (Å²) in [5.41, 5.74) is 7.77. The van der Waals surface area contributed by atoms with Crippen molar-refractivity contribution in [3.8, 4) is 0 Å². The summed E-state index contributed by atoms with van der Waals surface area (Å²) in [6, 6.07) is 10.2. The van der Waals surface area contributed by atoms with Gasteiger partial charge < -0.3 is 10.6 Å². The normalized spacial score (nSPS) is 11.2. The molecule has 1 aromatic heterocycles. The highest BCUT2D eigenvalue weighted by Gasteiger charge is 2.08. The van der Waals surface area contributed by atoms with E-state index in [-0.39, 0.29) is 16.6 Å². The Kier molecular flexibility index (Phi) is 4.32. The van der Waals surface area contributed by atoms with Gasteiger partial charge in [-0.1, -0.05) is 46.6 Å². The largest absolute Gasteiger partial charge is 0.380 e. The highest BCUT2D eigenvalue weighted by atomic mass is 35.5. The van der Waals surface area contributed by atoms with E-state index in [0.29, 0.717) is 5.56 Å². The molecule has 20 heavy (non-hydrogen) atoms. The molecule has 0 radical (unpaired) electrons. The lowest BCUT2D eigenvalue weighted by atomic mass is 10.1. The number of amidine groups is 1. The van der Waals surface area contributed by atoms with Crippen LogP contribution in [0.1, 0.15) is 21.5 Å². The van der Waals surface area contributed by atoms with Crippen molar-refractivity contribution in [3.63, 3.8) is 0 Å². The molecule has 1 aromatic carbocycles. The Labute approximate surface area is 121 Å². The molecule has 0 unspecified atom stereocenters. The molecule has 0 aliphatic carbocycles. The number of nitrogens with zero attached hydrogens (tertiary/aromatic N) is 2. The molecular formula is C14H12ClN3O2. The Hall–Kier alpha value is -2.40. The fourth-order valence-corrected chi connectivity index (χ4v) is 1.62. The summed E-state index contributed by atoms with van der Waals surface area (Å²) in [5, 5.41) is 3.82. The number of nitrogens with two attached hydrogens (primary N) is 1. The molecule has 0 saturated carbocycles. The van der Waals surface area contributed by atoms with E-state index in [0.717, 1.165) is 5.56 Å². The topological polar surface area (TPSA) is 77.6 Å².